The topological polar surface area (TPSA) is 9.86 Å². The van der Waals surface area contributed by atoms with E-state index < -0.39 is 0 Å². The summed E-state index contributed by atoms with van der Waals surface area (Å²) in [5.41, 5.74) is 14.4. The zero-order valence-electron chi connectivity index (χ0n) is 31.7. The van der Waals surface area contributed by atoms with Gasteiger partial charge in [-0.2, -0.15) is 0 Å². The van der Waals surface area contributed by atoms with E-state index in [9.17, 15) is 0 Å². The molecule has 0 amide bonds. The molecule has 0 bridgehead atoms. The molecule has 0 saturated heterocycles. The molecular weight excluding hydrogens is 701 g/mol. The van der Waals surface area contributed by atoms with Crippen LogP contribution in [0.5, 0.6) is 0 Å². The van der Waals surface area contributed by atoms with Gasteiger partial charge in [-0.05, 0) is 116 Å². The molecule has 12 rings (SSSR count). The third-order valence-corrected chi connectivity index (χ3v) is 12.1. The number of para-hydroxylation sites is 2. The van der Waals surface area contributed by atoms with E-state index in [1.54, 1.807) is 0 Å². The van der Waals surface area contributed by atoms with E-state index >= 15 is 0 Å². The molecule has 0 aliphatic rings. The third-order valence-electron chi connectivity index (χ3n) is 12.1. The van der Waals surface area contributed by atoms with Crippen LogP contribution in [0.2, 0.25) is 0 Å². The minimum atomic E-state index is 1.14. The Hall–Kier alpha value is -7.68. The Bertz CT molecular complexity index is 3530. The van der Waals surface area contributed by atoms with Crippen molar-refractivity contribution in [2.45, 2.75) is 0 Å². The van der Waals surface area contributed by atoms with E-state index in [1.807, 2.05) is 0 Å². The van der Waals surface area contributed by atoms with Crippen molar-refractivity contribution in [2.24, 2.45) is 0 Å². The molecule has 0 unspecified atom stereocenters. The zero-order chi connectivity index (χ0) is 38.2. The minimum Gasteiger partial charge on any atom is -0.309 e. The number of benzene rings is 10. The Morgan fingerprint density at radius 1 is 0.224 bits per heavy atom. The molecular formula is C56H36N2. The molecule has 0 atom stereocenters. The second-order valence-corrected chi connectivity index (χ2v) is 15.3. The quantitative estimate of drug-likeness (QED) is 0.156. The van der Waals surface area contributed by atoms with Gasteiger partial charge in [0.2, 0.25) is 0 Å². The Balaban J connectivity index is 1.08. The highest BCUT2D eigenvalue weighted by molar-refractivity contribution is 6.16. The lowest BCUT2D eigenvalue weighted by atomic mass is 9.92. The molecule has 0 N–H and O–H groups in total. The fraction of sp³-hybridized carbons (Fsp3) is 0. The Morgan fingerprint density at radius 3 is 1.43 bits per heavy atom. The van der Waals surface area contributed by atoms with Gasteiger partial charge < -0.3 is 9.13 Å². The summed E-state index contributed by atoms with van der Waals surface area (Å²) in [7, 11) is 0. The lowest BCUT2D eigenvalue weighted by molar-refractivity contribution is 1.18. The van der Waals surface area contributed by atoms with Gasteiger partial charge in [0, 0.05) is 32.9 Å². The van der Waals surface area contributed by atoms with Gasteiger partial charge in [-0.1, -0.05) is 158 Å². The first-order chi connectivity index (χ1) is 28.8. The zero-order valence-corrected chi connectivity index (χ0v) is 31.7. The predicted octanol–water partition coefficient (Wildman–Crippen LogP) is 15.2. The first-order valence-corrected chi connectivity index (χ1v) is 20.0. The minimum absolute atomic E-state index is 1.14. The molecule has 2 heteroatoms. The third kappa shape index (κ3) is 5.05. The number of hydrogen-bond donors (Lipinski definition) is 0. The number of fused-ring (bicyclic) bond motifs is 9. The second-order valence-electron chi connectivity index (χ2n) is 15.3. The molecule has 0 aliphatic heterocycles. The molecule has 2 heterocycles. The van der Waals surface area contributed by atoms with Crippen LogP contribution < -0.4 is 0 Å². The van der Waals surface area contributed by atoms with Gasteiger partial charge in [-0.25, -0.2) is 0 Å². The summed E-state index contributed by atoms with van der Waals surface area (Å²) in [6.07, 6.45) is 0. The summed E-state index contributed by atoms with van der Waals surface area (Å²) in [6.45, 7) is 0. The standard InChI is InChI=1S/C56H36N2/c1-3-13-37(14-4-1)38-23-28-44(29-24-38)58-54-32-27-42(51-33-41-15-7-8-18-45(41)46-19-9-10-20-47(46)51)34-52(54)50-31-26-40(36-56(50)58)39-25-30-49-48-21-11-12-22-53(48)57(55(49)35-39)43-16-5-2-6-17-43/h1-36H. The van der Waals surface area contributed by atoms with Crippen LogP contribution in [0.3, 0.4) is 0 Å². The number of rotatable bonds is 5. The van der Waals surface area contributed by atoms with Gasteiger partial charge in [0.1, 0.15) is 0 Å². The maximum Gasteiger partial charge on any atom is 0.0547 e. The molecule has 0 fully saturated rings. The van der Waals surface area contributed by atoms with Crippen molar-refractivity contribution in [3.8, 4) is 44.8 Å². The lowest BCUT2D eigenvalue weighted by Crippen LogP contribution is -1.95. The van der Waals surface area contributed by atoms with Crippen LogP contribution in [0, 0.1) is 0 Å². The van der Waals surface area contributed by atoms with E-state index in [0.29, 0.717) is 0 Å². The highest BCUT2D eigenvalue weighted by Crippen LogP contribution is 2.41. The van der Waals surface area contributed by atoms with Crippen LogP contribution in [-0.4, -0.2) is 9.13 Å². The average Bonchev–Trinajstić information content (AvgIpc) is 3.81. The Labute approximate surface area is 336 Å². The highest BCUT2D eigenvalue weighted by atomic mass is 15.0. The van der Waals surface area contributed by atoms with Gasteiger partial charge in [0.15, 0.2) is 0 Å². The van der Waals surface area contributed by atoms with E-state index in [0.717, 1.165) is 11.4 Å². The lowest BCUT2D eigenvalue weighted by Gasteiger charge is -2.12. The van der Waals surface area contributed by atoms with Crippen molar-refractivity contribution in [1.82, 2.24) is 9.13 Å². The van der Waals surface area contributed by atoms with Gasteiger partial charge in [0.25, 0.3) is 0 Å². The second kappa shape index (κ2) is 12.9. The normalized spacial score (nSPS) is 11.8. The maximum absolute atomic E-state index is 2.45. The van der Waals surface area contributed by atoms with Crippen molar-refractivity contribution in [1.29, 1.82) is 0 Å². The first kappa shape index (κ1) is 32.6. The number of nitrogens with zero attached hydrogens (tertiary/aromatic N) is 2. The van der Waals surface area contributed by atoms with Crippen LogP contribution in [-0.2, 0) is 0 Å². The van der Waals surface area contributed by atoms with Crippen molar-refractivity contribution in [3.05, 3.63) is 218 Å². The molecule has 0 spiro atoms. The van der Waals surface area contributed by atoms with Gasteiger partial charge >= 0.3 is 0 Å². The Kier molecular flexibility index (Phi) is 7.26. The number of hydrogen-bond acceptors (Lipinski definition) is 0. The van der Waals surface area contributed by atoms with Gasteiger partial charge in [-0.3, -0.25) is 0 Å². The van der Waals surface area contributed by atoms with Crippen LogP contribution in [0.25, 0.3) is 110 Å². The van der Waals surface area contributed by atoms with E-state index in [1.165, 1.54) is 98.5 Å². The SMILES string of the molecule is c1ccc(-c2ccc(-n3c4ccc(-c5cc6ccccc6c6ccccc56)cc4c4ccc(-c5ccc6c7ccccc7n(-c7ccccc7)c6c5)cc43)cc2)cc1. The molecule has 12 aromatic rings. The number of aromatic nitrogens is 2. The Morgan fingerprint density at radius 2 is 0.707 bits per heavy atom. The van der Waals surface area contributed by atoms with Crippen LogP contribution in [0.4, 0.5) is 0 Å². The molecule has 2 aromatic heterocycles. The highest BCUT2D eigenvalue weighted by Gasteiger charge is 2.18. The summed E-state index contributed by atoms with van der Waals surface area (Å²) in [6, 6.07) is 80.0. The molecule has 10 aromatic carbocycles. The van der Waals surface area contributed by atoms with Crippen molar-refractivity contribution < 1.29 is 0 Å². The fourth-order valence-corrected chi connectivity index (χ4v) is 9.38. The van der Waals surface area contributed by atoms with E-state index in [2.05, 4.69) is 228 Å². The molecule has 2 nitrogen and oxygen atoms in total. The van der Waals surface area contributed by atoms with Crippen LogP contribution in [0.15, 0.2) is 218 Å². The summed E-state index contributed by atoms with van der Waals surface area (Å²) in [4.78, 5) is 0. The molecule has 270 valence electrons. The monoisotopic (exact) mass is 736 g/mol. The first-order valence-electron chi connectivity index (χ1n) is 20.0. The van der Waals surface area contributed by atoms with Crippen molar-refractivity contribution >= 4 is 65.2 Å². The summed E-state index contributed by atoms with van der Waals surface area (Å²) in [5.74, 6) is 0. The summed E-state index contributed by atoms with van der Waals surface area (Å²) >= 11 is 0. The fourth-order valence-electron chi connectivity index (χ4n) is 9.38. The average molecular weight is 737 g/mol. The predicted molar refractivity (Wildman–Crippen MR) is 246 cm³/mol. The van der Waals surface area contributed by atoms with Crippen molar-refractivity contribution in [2.75, 3.05) is 0 Å². The van der Waals surface area contributed by atoms with Crippen LogP contribution in [0.1, 0.15) is 0 Å². The maximum atomic E-state index is 2.45. The smallest absolute Gasteiger partial charge is 0.0547 e. The molecule has 58 heavy (non-hydrogen) atoms. The molecule has 0 saturated carbocycles. The summed E-state index contributed by atoms with van der Waals surface area (Å²) in [5, 5.41) is 10.1. The van der Waals surface area contributed by atoms with Gasteiger partial charge in [-0.15, -0.1) is 0 Å². The molecule has 0 radical (unpaired) electrons. The summed E-state index contributed by atoms with van der Waals surface area (Å²) < 4.78 is 4.85. The van der Waals surface area contributed by atoms with E-state index in [-0.39, 0.29) is 0 Å². The molecule has 0 aliphatic carbocycles. The van der Waals surface area contributed by atoms with Gasteiger partial charge in [0.05, 0.1) is 22.1 Å². The van der Waals surface area contributed by atoms with Crippen LogP contribution >= 0.6 is 0 Å². The van der Waals surface area contributed by atoms with E-state index in [4.69, 9.17) is 0 Å². The van der Waals surface area contributed by atoms with Crippen molar-refractivity contribution in [3.63, 3.8) is 0 Å². The largest absolute Gasteiger partial charge is 0.309 e.